The van der Waals surface area contributed by atoms with Crippen molar-refractivity contribution in [2.75, 3.05) is 50.0 Å². The number of nitrogens with one attached hydrogen (secondary N) is 1. The first-order chi connectivity index (χ1) is 15.0. The Bertz CT molecular complexity index is 1000. The quantitative estimate of drug-likeness (QED) is 0.771. The summed E-state index contributed by atoms with van der Waals surface area (Å²) in [6.07, 6.45) is 2.11. The van der Waals surface area contributed by atoms with Gasteiger partial charge in [-0.05, 0) is 44.2 Å². The van der Waals surface area contributed by atoms with Gasteiger partial charge >= 0.3 is 0 Å². The standard InChI is InChI=1S/C23H30N4O3S/c1-25-15-17-26(18-16-25)21-12-6-5-11-20(21)24-23(28)22-13-7-8-14-27(22)31(29,30)19-9-3-2-4-10-19/h2-6,9-12,22H,7-8,13-18H2,1H3,(H,24,28). The molecule has 2 fully saturated rings. The van der Waals surface area contributed by atoms with Crippen molar-refractivity contribution in [1.29, 1.82) is 0 Å². The summed E-state index contributed by atoms with van der Waals surface area (Å²) in [4.78, 5) is 18.1. The lowest BCUT2D eigenvalue weighted by Crippen LogP contribution is -2.50. The predicted octanol–water partition coefficient (Wildman–Crippen LogP) is 2.62. The van der Waals surface area contributed by atoms with Crippen molar-refractivity contribution >= 4 is 27.3 Å². The van der Waals surface area contributed by atoms with Crippen LogP contribution in [0.4, 0.5) is 11.4 Å². The van der Waals surface area contributed by atoms with Crippen molar-refractivity contribution < 1.29 is 13.2 Å². The van der Waals surface area contributed by atoms with E-state index in [0.29, 0.717) is 13.0 Å². The van der Waals surface area contributed by atoms with Crippen molar-refractivity contribution in [3.05, 3.63) is 54.6 Å². The number of sulfonamides is 1. The van der Waals surface area contributed by atoms with Crippen LogP contribution in [-0.4, -0.2) is 69.3 Å². The molecular formula is C23H30N4O3S. The zero-order valence-corrected chi connectivity index (χ0v) is 18.7. The molecule has 2 aliphatic heterocycles. The number of rotatable bonds is 5. The number of benzene rings is 2. The summed E-state index contributed by atoms with van der Waals surface area (Å²) >= 11 is 0. The summed E-state index contributed by atoms with van der Waals surface area (Å²) in [5.74, 6) is -0.263. The van der Waals surface area contributed by atoms with E-state index in [9.17, 15) is 13.2 Å². The molecular weight excluding hydrogens is 412 g/mol. The minimum Gasteiger partial charge on any atom is -0.367 e. The van der Waals surface area contributed by atoms with Crippen LogP contribution in [0, 0.1) is 0 Å². The zero-order chi connectivity index (χ0) is 21.8. The van der Waals surface area contributed by atoms with Crippen LogP contribution in [0.15, 0.2) is 59.5 Å². The maximum absolute atomic E-state index is 13.3. The summed E-state index contributed by atoms with van der Waals surface area (Å²) in [6.45, 7) is 4.07. The van der Waals surface area contributed by atoms with E-state index in [4.69, 9.17) is 0 Å². The molecule has 8 heteroatoms. The second-order valence-electron chi connectivity index (χ2n) is 8.24. The van der Waals surface area contributed by atoms with E-state index < -0.39 is 16.1 Å². The molecule has 0 radical (unpaired) electrons. The summed E-state index contributed by atoms with van der Waals surface area (Å²) < 4.78 is 27.8. The smallest absolute Gasteiger partial charge is 0.243 e. The summed E-state index contributed by atoms with van der Waals surface area (Å²) in [6, 6.07) is 15.4. The monoisotopic (exact) mass is 442 g/mol. The molecule has 0 saturated carbocycles. The summed E-state index contributed by atoms with van der Waals surface area (Å²) in [5, 5.41) is 3.04. The highest BCUT2D eigenvalue weighted by Gasteiger charge is 2.37. The minimum absolute atomic E-state index is 0.229. The second-order valence-corrected chi connectivity index (χ2v) is 10.1. The molecule has 0 spiro atoms. The first kappa shape index (κ1) is 21.8. The molecule has 1 N–H and O–H groups in total. The normalized spacial score (nSPS) is 21.1. The van der Waals surface area contributed by atoms with Crippen LogP contribution in [0.25, 0.3) is 0 Å². The van der Waals surface area contributed by atoms with Crippen LogP contribution in [0.2, 0.25) is 0 Å². The summed E-state index contributed by atoms with van der Waals surface area (Å²) in [7, 11) is -1.62. The van der Waals surface area contributed by atoms with Gasteiger partial charge in [0.25, 0.3) is 0 Å². The van der Waals surface area contributed by atoms with E-state index >= 15 is 0 Å². The molecule has 4 rings (SSSR count). The van der Waals surface area contributed by atoms with E-state index in [1.807, 2.05) is 24.3 Å². The maximum atomic E-state index is 13.3. The van der Waals surface area contributed by atoms with Crippen LogP contribution in [0.1, 0.15) is 19.3 Å². The molecule has 1 unspecified atom stereocenters. The molecule has 2 aromatic rings. The average Bonchev–Trinajstić information content (AvgIpc) is 2.80. The average molecular weight is 443 g/mol. The van der Waals surface area contributed by atoms with Gasteiger partial charge in [-0.15, -0.1) is 0 Å². The number of nitrogens with zero attached hydrogens (tertiary/aromatic N) is 3. The Morgan fingerprint density at radius 3 is 2.32 bits per heavy atom. The lowest BCUT2D eigenvalue weighted by atomic mass is 10.0. The number of carbonyl (C=O) groups is 1. The first-order valence-corrected chi connectivity index (χ1v) is 12.3. The number of piperazine rings is 1. The van der Waals surface area contributed by atoms with Crippen LogP contribution >= 0.6 is 0 Å². The molecule has 0 aromatic heterocycles. The van der Waals surface area contributed by atoms with Crippen LogP contribution in [0.3, 0.4) is 0 Å². The highest BCUT2D eigenvalue weighted by Crippen LogP contribution is 2.30. The van der Waals surface area contributed by atoms with Gasteiger partial charge in [-0.1, -0.05) is 36.8 Å². The fourth-order valence-electron chi connectivity index (χ4n) is 4.30. The van der Waals surface area contributed by atoms with Gasteiger partial charge in [0, 0.05) is 32.7 Å². The van der Waals surface area contributed by atoms with E-state index in [-0.39, 0.29) is 10.8 Å². The third kappa shape index (κ3) is 4.76. The van der Waals surface area contributed by atoms with Gasteiger partial charge in [-0.2, -0.15) is 4.31 Å². The molecule has 1 atom stereocenters. The number of amides is 1. The number of hydrogen-bond donors (Lipinski definition) is 1. The lowest BCUT2D eigenvalue weighted by Gasteiger charge is -2.36. The van der Waals surface area contributed by atoms with Gasteiger partial charge in [-0.3, -0.25) is 4.79 Å². The number of carbonyl (C=O) groups excluding carboxylic acids is 1. The van der Waals surface area contributed by atoms with Gasteiger partial charge in [0.1, 0.15) is 6.04 Å². The lowest BCUT2D eigenvalue weighted by molar-refractivity contribution is -0.120. The Hall–Kier alpha value is -2.42. The van der Waals surface area contributed by atoms with Gasteiger partial charge in [0.15, 0.2) is 0 Å². The Balaban J connectivity index is 1.55. The Labute approximate surface area is 184 Å². The Morgan fingerprint density at radius 1 is 0.903 bits per heavy atom. The van der Waals surface area contributed by atoms with Gasteiger partial charge in [-0.25, -0.2) is 8.42 Å². The predicted molar refractivity (Wildman–Crippen MR) is 123 cm³/mol. The number of piperidine rings is 1. The van der Waals surface area contributed by atoms with Crippen LogP contribution in [0.5, 0.6) is 0 Å². The van der Waals surface area contributed by atoms with Crippen LogP contribution < -0.4 is 10.2 Å². The summed E-state index contributed by atoms with van der Waals surface area (Å²) in [5.41, 5.74) is 1.72. The van der Waals surface area contributed by atoms with E-state index in [1.165, 1.54) is 4.31 Å². The van der Waals surface area contributed by atoms with Crippen molar-refractivity contribution in [2.24, 2.45) is 0 Å². The third-order valence-electron chi connectivity index (χ3n) is 6.11. The maximum Gasteiger partial charge on any atom is 0.243 e. The molecule has 1 amide bonds. The molecule has 2 saturated heterocycles. The molecule has 2 aromatic carbocycles. The molecule has 7 nitrogen and oxygen atoms in total. The topological polar surface area (TPSA) is 73.0 Å². The zero-order valence-electron chi connectivity index (χ0n) is 17.9. The van der Waals surface area contributed by atoms with Crippen molar-refractivity contribution in [2.45, 2.75) is 30.2 Å². The highest BCUT2D eigenvalue weighted by molar-refractivity contribution is 7.89. The number of para-hydroxylation sites is 2. The second kappa shape index (κ2) is 9.38. The van der Waals surface area contributed by atoms with Crippen molar-refractivity contribution in [1.82, 2.24) is 9.21 Å². The van der Waals surface area contributed by atoms with Crippen molar-refractivity contribution in [3.8, 4) is 0 Å². The molecule has 166 valence electrons. The number of likely N-dealkylation sites (N-methyl/N-ethyl adjacent to an activating group) is 1. The largest absolute Gasteiger partial charge is 0.367 e. The van der Waals surface area contributed by atoms with Gasteiger partial charge < -0.3 is 15.1 Å². The number of hydrogen-bond acceptors (Lipinski definition) is 5. The fourth-order valence-corrected chi connectivity index (χ4v) is 5.98. The number of anilines is 2. The SMILES string of the molecule is CN1CCN(c2ccccc2NC(=O)C2CCCCN2S(=O)(=O)c2ccccc2)CC1. The third-order valence-corrected chi connectivity index (χ3v) is 8.03. The van der Waals surface area contributed by atoms with E-state index in [2.05, 4.69) is 22.2 Å². The Morgan fingerprint density at radius 2 is 1.58 bits per heavy atom. The van der Waals surface area contributed by atoms with Crippen molar-refractivity contribution in [3.63, 3.8) is 0 Å². The van der Waals surface area contributed by atoms with Crippen LogP contribution in [-0.2, 0) is 14.8 Å². The molecule has 2 aliphatic rings. The van der Waals surface area contributed by atoms with E-state index in [1.54, 1.807) is 30.3 Å². The minimum atomic E-state index is -3.73. The molecule has 0 bridgehead atoms. The van der Waals surface area contributed by atoms with Gasteiger partial charge in [0.2, 0.25) is 15.9 Å². The van der Waals surface area contributed by atoms with E-state index in [0.717, 1.165) is 50.4 Å². The highest BCUT2D eigenvalue weighted by atomic mass is 32.2. The fraction of sp³-hybridized carbons (Fsp3) is 0.435. The molecule has 0 aliphatic carbocycles. The molecule has 31 heavy (non-hydrogen) atoms. The Kier molecular flexibility index (Phi) is 6.60. The molecule has 2 heterocycles. The first-order valence-electron chi connectivity index (χ1n) is 10.9. The van der Waals surface area contributed by atoms with Gasteiger partial charge in [0.05, 0.1) is 16.3 Å².